The van der Waals surface area contributed by atoms with Crippen LogP contribution in [-0.2, 0) is 6.42 Å². The molecule has 1 aliphatic carbocycles. The molecule has 0 heterocycles. The molecule has 0 radical (unpaired) electrons. The third-order valence-electron chi connectivity index (χ3n) is 5.44. The molecule has 2 aromatic carbocycles. The van der Waals surface area contributed by atoms with Gasteiger partial charge in [-0.3, -0.25) is 0 Å². The van der Waals surface area contributed by atoms with Gasteiger partial charge in [0, 0.05) is 5.39 Å². The largest absolute Gasteiger partial charge is 0.203 e. The summed E-state index contributed by atoms with van der Waals surface area (Å²) in [5.74, 6) is -0.0353. The van der Waals surface area contributed by atoms with Crippen LogP contribution in [0.25, 0.3) is 10.8 Å². The first-order valence-electron chi connectivity index (χ1n) is 8.34. The van der Waals surface area contributed by atoms with Gasteiger partial charge < -0.3 is 0 Å². The van der Waals surface area contributed by atoms with Crippen LogP contribution in [0.3, 0.4) is 0 Å². The van der Waals surface area contributed by atoms with E-state index in [2.05, 4.69) is 6.92 Å². The minimum Gasteiger partial charge on any atom is -0.203 e. The Kier molecular flexibility index (Phi) is 4.20. The molecule has 0 unspecified atom stereocenters. The summed E-state index contributed by atoms with van der Waals surface area (Å²) in [6, 6.07) is 5.76. The predicted octanol–water partition coefficient (Wildman–Crippen LogP) is 6.10. The summed E-state index contributed by atoms with van der Waals surface area (Å²) < 4.78 is 29.0. The van der Waals surface area contributed by atoms with Crippen molar-refractivity contribution in [1.82, 2.24) is 0 Å². The fourth-order valence-corrected chi connectivity index (χ4v) is 3.74. The molecule has 1 saturated carbocycles. The van der Waals surface area contributed by atoms with Gasteiger partial charge in [0.05, 0.1) is 0 Å². The summed E-state index contributed by atoms with van der Waals surface area (Å²) in [6.07, 6.45) is 5.35. The monoisotopic (exact) mass is 302 g/mol. The van der Waals surface area contributed by atoms with E-state index < -0.39 is 11.6 Å². The predicted molar refractivity (Wildman–Crippen MR) is 88.2 cm³/mol. The molecular weight excluding hydrogens is 278 g/mol. The average Bonchev–Trinajstić information content (AvgIpc) is 2.50. The number of hydrogen-bond acceptors (Lipinski definition) is 0. The molecule has 3 rings (SSSR count). The highest BCUT2D eigenvalue weighted by Gasteiger charge is 2.22. The first-order valence-corrected chi connectivity index (χ1v) is 8.34. The van der Waals surface area contributed by atoms with Crippen molar-refractivity contribution in [2.24, 2.45) is 11.8 Å². The molecule has 22 heavy (non-hydrogen) atoms. The SMILES string of the molecule is Cc1ccc2cc(CC3CCC(C)CC3)c(F)c(F)c2c1C. The summed E-state index contributed by atoms with van der Waals surface area (Å²) in [5.41, 5.74) is 2.39. The van der Waals surface area contributed by atoms with Crippen LogP contribution >= 0.6 is 0 Å². The van der Waals surface area contributed by atoms with Crippen molar-refractivity contribution in [3.05, 3.63) is 46.5 Å². The number of aryl methyl sites for hydroxylation is 2. The molecule has 0 spiro atoms. The lowest BCUT2D eigenvalue weighted by atomic mass is 9.80. The maximum Gasteiger partial charge on any atom is 0.167 e. The second-order valence-electron chi connectivity index (χ2n) is 7.10. The highest BCUT2D eigenvalue weighted by atomic mass is 19.2. The Labute approximate surface area is 131 Å². The van der Waals surface area contributed by atoms with Crippen LogP contribution in [0.2, 0.25) is 0 Å². The molecule has 0 bridgehead atoms. The minimum absolute atomic E-state index is 0.443. The normalized spacial score (nSPS) is 22.2. The number of benzene rings is 2. The number of fused-ring (bicyclic) bond motifs is 1. The van der Waals surface area contributed by atoms with Crippen molar-refractivity contribution in [3.63, 3.8) is 0 Å². The number of hydrogen-bond donors (Lipinski definition) is 0. The lowest BCUT2D eigenvalue weighted by molar-refractivity contribution is 0.286. The van der Waals surface area contributed by atoms with E-state index in [-0.39, 0.29) is 0 Å². The van der Waals surface area contributed by atoms with Gasteiger partial charge in [0.1, 0.15) is 0 Å². The van der Waals surface area contributed by atoms with Crippen molar-refractivity contribution < 1.29 is 8.78 Å². The van der Waals surface area contributed by atoms with Crippen molar-refractivity contribution >= 4 is 10.8 Å². The van der Waals surface area contributed by atoms with Gasteiger partial charge in [0.2, 0.25) is 0 Å². The lowest BCUT2D eigenvalue weighted by Gasteiger charge is -2.26. The van der Waals surface area contributed by atoms with Crippen LogP contribution in [0, 0.1) is 37.3 Å². The summed E-state index contributed by atoms with van der Waals surface area (Å²) in [5, 5.41) is 1.26. The number of rotatable bonds is 2. The van der Waals surface area contributed by atoms with E-state index in [1.54, 1.807) is 0 Å². The van der Waals surface area contributed by atoms with Crippen LogP contribution in [0.15, 0.2) is 18.2 Å². The molecule has 1 aliphatic rings. The first kappa shape index (κ1) is 15.5. The fraction of sp³-hybridized carbons (Fsp3) is 0.500. The molecule has 2 aromatic rings. The molecular formula is C20H24F2. The van der Waals surface area contributed by atoms with Crippen molar-refractivity contribution in [3.8, 4) is 0 Å². The molecule has 0 atom stereocenters. The van der Waals surface area contributed by atoms with Crippen LogP contribution in [0.1, 0.15) is 49.3 Å². The van der Waals surface area contributed by atoms with E-state index in [1.807, 2.05) is 32.0 Å². The molecule has 0 N–H and O–H groups in total. The van der Waals surface area contributed by atoms with Gasteiger partial charge in [-0.2, -0.15) is 0 Å². The Morgan fingerprint density at radius 2 is 1.68 bits per heavy atom. The summed E-state index contributed by atoms with van der Waals surface area (Å²) >= 11 is 0. The zero-order valence-corrected chi connectivity index (χ0v) is 13.7. The molecule has 2 heteroatoms. The molecule has 1 fully saturated rings. The zero-order valence-electron chi connectivity index (χ0n) is 13.7. The Hall–Kier alpha value is -1.44. The highest BCUT2D eigenvalue weighted by Crippen LogP contribution is 2.34. The molecule has 118 valence electrons. The molecule has 0 aromatic heterocycles. The molecule has 0 saturated heterocycles. The zero-order chi connectivity index (χ0) is 15.9. The number of halogens is 2. The van der Waals surface area contributed by atoms with Crippen molar-refractivity contribution in [2.75, 3.05) is 0 Å². The van der Waals surface area contributed by atoms with E-state index in [9.17, 15) is 8.78 Å². The molecule has 0 amide bonds. The maximum absolute atomic E-state index is 14.5. The Morgan fingerprint density at radius 3 is 2.36 bits per heavy atom. The third kappa shape index (κ3) is 2.76. The Morgan fingerprint density at radius 1 is 1.00 bits per heavy atom. The van der Waals surface area contributed by atoms with Crippen LogP contribution < -0.4 is 0 Å². The van der Waals surface area contributed by atoms with Gasteiger partial charge >= 0.3 is 0 Å². The topological polar surface area (TPSA) is 0 Å². The van der Waals surface area contributed by atoms with E-state index in [1.165, 1.54) is 12.8 Å². The second kappa shape index (κ2) is 5.98. The molecule has 0 nitrogen and oxygen atoms in total. The lowest BCUT2D eigenvalue weighted by Crippen LogP contribution is -2.15. The maximum atomic E-state index is 14.5. The quantitative estimate of drug-likeness (QED) is 0.628. The Bertz CT molecular complexity index is 695. The van der Waals surface area contributed by atoms with Crippen molar-refractivity contribution in [1.29, 1.82) is 0 Å². The van der Waals surface area contributed by atoms with Gasteiger partial charge in [-0.15, -0.1) is 0 Å². The van der Waals surface area contributed by atoms with E-state index in [0.717, 1.165) is 35.3 Å². The second-order valence-corrected chi connectivity index (χ2v) is 7.10. The van der Waals surface area contributed by atoms with E-state index >= 15 is 0 Å². The van der Waals surface area contributed by atoms with Gasteiger partial charge in [0.15, 0.2) is 11.6 Å². The van der Waals surface area contributed by atoms with E-state index in [0.29, 0.717) is 23.3 Å². The van der Waals surface area contributed by atoms with E-state index in [4.69, 9.17) is 0 Å². The van der Waals surface area contributed by atoms with Gasteiger partial charge in [-0.1, -0.05) is 31.9 Å². The fourth-order valence-electron chi connectivity index (χ4n) is 3.74. The van der Waals surface area contributed by atoms with Crippen LogP contribution in [-0.4, -0.2) is 0 Å². The molecule has 0 aliphatic heterocycles. The smallest absolute Gasteiger partial charge is 0.167 e. The summed E-state index contributed by atoms with van der Waals surface area (Å²) in [6.45, 7) is 6.07. The van der Waals surface area contributed by atoms with Crippen LogP contribution in [0.4, 0.5) is 8.78 Å². The van der Waals surface area contributed by atoms with Crippen molar-refractivity contribution in [2.45, 2.75) is 52.9 Å². The highest BCUT2D eigenvalue weighted by molar-refractivity contribution is 5.88. The van der Waals surface area contributed by atoms with Gasteiger partial charge in [-0.25, -0.2) is 8.78 Å². The first-order chi connectivity index (χ1) is 10.5. The summed E-state index contributed by atoms with van der Waals surface area (Å²) in [4.78, 5) is 0. The average molecular weight is 302 g/mol. The standard InChI is InChI=1S/C20H24F2/c1-12-4-7-15(8-5-12)10-17-11-16-9-6-13(2)14(3)18(16)20(22)19(17)21/h6,9,11-12,15H,4-5,7-8,10H2,1-3H3. The van der Waals surface area contributed by atoms with Gasteiger partial charge in [-0.05, 0) is 73.1 Å². The minimum atomic E-state index is -0.669. The van der Waals surface area contributed by atoms with Crippen LogP contribution in [0.5, 0.6) is 0 Å². The van der Waals surface area contributed by atoms with Gasteiger partial charge in [0.25, 0.3) is 0 Å². The Balaban J connectivity index is 1.97. The summed E-state index contributed by atoms with van der Waals surface area (Å²) in [7, 11) is 0. The third-order valence-corrected chi connectivity index (χ3v) is 5.44.